The van der Waals surface area contributed by atoms with Crippen LogP contribution < -0.4 is 15.4 Å². The number of hydrogen-bond acceptors (Lipinski definition) is 4. The van der Waals surface area contributed by atoms with E-state index in [1.54, 1.807) is 7.05 Å². The Labute approximate surface area is 183 Å². The number of benzene rings is 1. The fourth-order valence-corrected chi connectivity index (χ4v) is 5.17. The maximum atomic E-state index is 12.7. The van der Waals surface area contributed by atoms with E-state index in [-0.39, 0.29) is 35.5 Å². The molecule has 7 heteroatoms. The van der Waals surface area contributed by atoms with Gasteiger partial charge in [-0.3, -0.25) is 19.5 Å². The lowest BCUT2D eigenvalue weighted by Gasteiger charge is -2.18. The minimum absolute atomic E-state index is 0.0280. The predicted octanol–water partition coefficient (Wildman–Crippen LogP) is 2.26. The van der Waals surface area contributed by atoms with E-state index in [0.29, 0.717) is 38.6 Å². The average molecular weight is 425 g/mol. The zero-order chi connectivity index (χ0) is 22.0. The highest BCUT2D eigenvalue weighted by Crippen LogP contribution is 2.52. The Morgan fingerprint density at radius 2 is 1.87 bits per heavy atom. The van der Waals surface area contributed by atoms with Crippen molar-refractivity contribution in [2.24, 2.45) is 28.7 Å². The van der Waals surface area contributed by atoms with Crippen LogP contribution in [0.1, 0.15) is 30.9 Å². The van der Waals surface area contributed by atoms with Gasteiger partial charge in [-0.1, -0.05) is 24.3 Å². The monoisotopic (exact) mass is 424 g/mol. The van der Waals surface area contributed by atoms with Gasteiger partial charge in [0.1, 0.15) is 5.75 Å². The number of amides is 2. The van der Waals surface area contributed by atoms with Gasteiger partial charge in [-0.05, 0) is 55.7 Å². The highest BCUT2D eigenvalue weighted by molar-refractivity contribution is 6.06. The molecule has 4 unspecified atom stereocenters. The molecule has 0 aromatic heterocycles. The molecule has 7 nitrogen and oxygen atoms in total. The zero-order valence-electron chi connectivity index (χ0n) is 18.6. The number of imide groups is 1. The molecule has 1 saturated heterocycles. The molecule has 2 N–H and O–H groups in total. The van der Waals surface area contributed by atoms with Crippen LogP contribution in [0.15, 0.2) is 35.3 Å². The summed E-state index contributed by atoms with van der Waals surface area (Å²) in [4.78, 5) is 31.2. The van der Waals surface area contributed by atoms with Crippen molar-refractivity contribution in [1.82, 2.24) is 15.5 Å². The first kappa shape index (κ1) is 21.4. The third kappa shape index (κ3) is 4.18. The van der Waals surface area contributed by atoms with Crippen LogP contribution in [0, 0.1) is 30.6 Å². The first-order valence-electron chi connectivity index (χ1n) is 11.2. The number of aryl methyl sites for hydroxylation is 1. The Balaban J connectivity index is 1.21. The molecule has 0 radical (unpaired) electrons. The van der Waals surface area contributed by atoms with Crippen molar-refractivity contribution in [3.8, 4) is 5.75 Å². The van der Waals surface area contributed by atoms with Crippen LogP contribution in [0.3, 0.4) is 0 Å². The molecule has 1 aromatic carbocycles. The highest BCUT2D eigenvalue weighted by Gasteiger charge is 2.58. The van der Waals surface area contributed by atoms with Crippen LogP contribution in [-0.4, -0.2) is 49.4 Å². The van der Waals surface area contributed by atoms with E-state index in [0.717, 1.165) is 23.3 Å². The van der Waals surface area contributed by atoms with Crippen LogP contribution in [0.2, 0.25) is 0 Å². The summed E-state index contributed by atoms with van der Waals surface area (Å²) < 4.78 is 5.59. The number of carbonyl (C=O) groups excluding carboxylic acids is 2. The molecule has 1 aliphatic heterocycles. The maximum absolute atomic E-state index is 12.7. The fraction of sp³-hybridized carbons (Fsp3) is 0.542. The van der Waals surface area contributed by atoms with Crippen LogP contribution in [0.25, 0.3) is 0 Å². The summed E-state index contributed by atoms with van der Waals surface area (Å²) in [5, 5.41) is 6.58. The second-order valence-electron chi connectivity index (χ2n) is 8.57. The van der Waals surface area contributed by atoms with Gasteiger partial charge in [0.2, 0.25) is 11.8 Å². The van der Waals surface area contributed by atoms with E-state index in [1.165, 1.54) is 4.90 Å². The van der Waals surface area contributed by atoms with E-state index >= 15 is 0 Å². The van der Waals surface area contributed by atoms with Crippen LogP contribution in [0.5, 0.6) is 5.75 Å². The summed E-state index contributed by atoms with van der Waals surface area (Å²) in [6, 6.07) is 6.14. The number of rotatable bonds is 8. The maximum Gasteiger partial charge on any atom is 0.233 e. The normalized spacial score (nSPS) is 26.5. The Hall–Kier alpha value is -2.83. The molecule has 1 aromatic rings. The smallest absolute Gasteiger partial charge is 0.233 e. The van der Waals surface area contributed by atoms with Gasteiger partial charge in [-0.2, -0.15) is 0 Å². The SMILES string of the molecule is CCOc1ccc(CNC(=NC)NCCCN2C(=O)C3C4C=CC(C4)C3C2=O)cc1C. The number of likely N-dealkylation sites (tertiary alicyclic amines) is 1. The first-order valence-corrected chi connectivity index (χ1v) is 11.2. The van der Waals surface area contributed by atoms with Gasteiger partial charge >= 0.3 is 0 Å². The standard InChI is InChI=1S/C24H32N4O3/c1-4-31-19-9-6-16(12-15(19)2)14-27-24(25-3)26-10-5-11-28-22(29)20-17-7-8-18(13-17)21(20)23(28)30/h6-9,12,17-18,20-21H,4-5,10-11,13-14H2,1-3H3,(H2,25,26,27). The van der Waals surface area contributed by atoms with E-state index in [4.69, 9.17) is 4.74 Å². The number of nitrogens with zero attached hydrogens (tertiary/aromatic N) is 2. The summed E-state index contributed by atoms with van der Waals surface area (Å²) in [5.74, 6) is 1.98. The number of ether oxygens (including phenoxy) is 1. The summed E-state index contributed by atoms with van der Waals surface area (Å²) in [5.41, 5.74) is 2.25. The molecule has 4 rings (SSSR count). The third-order valence-electron chi connectivity index (χ3n) is 6.64. The van der Waals surface area contributed by atoms with Gasteiger partial charge in [0.05, 0.1) is 18.4 Å². The topological polar surface area (TPSA) is 83.0 Å². The fourth-order valence-electron chi connectivity index (χ4n) is 5.17. The molecule has 31 heavy (non-hydrogen) atoms. The molecule has 4 atom stereocenters. The van der Waals surface area contributed by atoms with Crippen molar-refractivity contribution >= 4 is 17.8 Å². The Bertz CT molecular complexity index is 880. The minimum Gasteiger partial charge on any atom is -0.494 e. The van der Waals surface area contributed by atoms with Crippen molar-refractivity contribution < 1.29 is 14.3 Å². The molecule has 2 fully saturated rings. The van der Waals surface area contributed by atoms with Gasteiger partial charge in [-0.15, -0.1) is 0 Å². The number of hydrogen-bond donors (Lipinski definition) is 2. The van der Waals surface area contributed by atoms with Gasteiger partial charge in [0.25, 0.3) is 0 Å². The summed E-state index contributed by atoms with van der Waals surface area (Å²) in [7, 11) is 1.73. The molecular formula is C24H32N4O3. The second kappa shape index (κ2) is 9.12. The van der Waals surface area contributed by atoms with Crippen molar-refractivity contribution in [3.05, 3.63) is 41.5 Å². The number of carbonyl (C=O) groups is 2. The lowest BCUT2D eigenvalue weighted by molar-refractivity contribution is -0.140. The molecule has 2 bridgehead atoms. The van der Waals surface area contributed by atoms with Crippen molar-refractivity contribution in [2.75, 3.05) is 26.7 Å². The van der Waals surface area contributed by atoms with Crippen molar-refractivity contribution in [3.63, 3.8) is 0 Å². The quantitative estimate of drug-likeness (QED) is 0.220. The third-order valence-corrected chi connectivity index (χ3v) is 6.64. The summed E-state index contributed by atoms with van der Waals surface area (Å²) in [6.45, 7) is 6.43. The van der Waals surface area contributed by atoms with Crippen LogP contribution in [0.4, 0.5) is 0 Å². The van der Waals surface area contributed by atoms with Gasteiger partial charge < -0.3 is 15.4 Å². The highest BCUT2D eigenvalue weighted by atomic mass is 16.5. The number of nitrogens with one attached hydrogen (secondary N) is 2. The molecular weight excluding hydrogens is 392 g/mol. The largest absolute Gasteiger partial charge is 0.494 e. The summed E-state index contributed by atoms with van der Waals surface area (Å²) in [6.07, 6.45) is 5.92. The average Bonchev–Trinajstić information content (AvgIpc) is 3.44. The molecule has 2 amide bonds. The van der Waals surface area contributed by atoms with E-state index in [1.807, 2.05) is 26.0 Å². The van der Waals surface area contributed by atoms with E-state index in [2.05, 4.69) is 33.8 Å². The summed E-state index contributed by atoms with van der Waals surface area (Å²) >= 11 is 0. The lowest BCUT2D eigenvalue weighted by Crippen LogP contribution is -2.39. The van der Waals surface area contributed by atoms with Crippen LogP contribution in [-0.2, 0) is 16.1 Å². The van der Waals surface area contributed by atoms with Gasteiger partial charge in [0.15, 0.2) is 5.96 Å². The molecule has 166 valence electrons. The number of fused-ring (bicyclic) bond motifs is 5. The minimum atomic E-state index is -0.109. The molecule has 1 saturated carbocycles. The Morgan fingerprint density at radius 1 is 1.16 bits per heavy atom. The lowest BCUT2D eigenvalue weighted by atomic mass is 9.85. The van der Waals surface area contributed by atoms with E-state index in [9.17, 15) is 9.59 Å². The van der Waals surface area contributed by atoms with Gasteiger partial charge in [-0.25, -0.2) is 0 Å². The van der Waals surface area contributed by atoms with Crippen molar-refractivity contribution in [1.29, 1.82) is 0 Å². The molecule has 3 aliphatic rings. The molecule has 1 heterocycles. The van der Waals surface area contributed by atoms with Crippen molar-refractivity contribution in [2.45, 2.75) is 33.2 Å². The Morgan fingerprint density at radius 3 is 2.48 bits per heavy atom. The first-order chi connectivity index (χ1) is 15.0. The predicted molar refractivity (Wildman–Crippen MR) is 120 cm³/mol. The van der Waals surface area contributed by atoms with Crippen LogP contribution >= 0.6 is 0 Å². The zero-order valence-corrected chi connectivity index (χ0v) is 18.6. The number of allylic oxidation sites excluding steroid dienone is 2. The molecule has 0 spiro atoms. The van der Waals surface area contributed by atoms with E-state index < -0.39 is 0 Å². The Kier molecular flexibility index (Phi) is 6.30. The van der Waals surface area contributed by atoms with Gasteiger partial charge in [0, 0.05) is 26.7 Å². The number of aliphatic imine (C=N–C) groups is 1. The number of guanidine groups is 1. The second-order valence-corrected chi connectivity index (χ2v) is 8.57. The molecule has 2 aliphatic carbocycles.